The number of aromatic nitrogens is 1. The minimum absolute atomic E-state index is 0.142. The van der Waals surface area contributed by atoms with Gasteiger partial charge in [0.15, 0.2) is 0 Å². The summed E-state index contributed by atoms with van der Waals surface area (Å²) in [5.41, 5.74) is 13.9. The van der Waals surface area contributed by atoms with Gasteiger partial charge < -0.3 is 31.3 Å². The van der Waals surface area contributed by atoms with Crippen LogP contribution in [0.25, 0.3) is 0 Å². The quantitative estimate of drug-likeness (QED) is 0.267. The molecule has 1 aromatic carbocycles. The Balaban J connectivity index is 0.000000417. The van der Waals surface area contributed by atoms with Gasteiger partial charge in [-0.3, -0.25) is 10.3 Å². The van der Waals surface area contributed by atoms with Crippen molar-refractivity contribution in [2.75, 3.05) is 68.9 Å². The zero-order valence-electron chi connectivity index (χ0n) is 22.4. The molecule has 1 aliphatic heterocycles. The minimum Gasteiger partial charge on any atom is -0.476 e. The maximum atomic E-state index is 7.30. The molecule has 3 rings (SSSR count). The number of anilines is 3. The van der Waals surface area contributed by atoms with Crippen LogP contribution >= 0.6 is 0 Å². The summed E-state index contributed by atoms with van der Waals surface area (Å²) in [6.07, 6.45) is 3.19. The van der Waals surface area contributed by atoms with Crippen molar-refractivity contribution in [1.82, 2.24) is 9.88 Å². The molecule has 1 aliphatic rings. The number of nitrogen functional groups attached to an aromatic ring is 2. The standard InChI is InChI=1S/C17H30N4O2.C8H9N3.C2H6/c1-3-5-21(6-4-2)15-13-16(18)19-17(14-15)23-12-9-20-7-10-22-11-8-20;9-5-8(11)6-3-1-2-4-7(6)10;1-2/h13-14H,3-12H2,1-2H3,(H2,18,19);1-5,9,11H,10H2;1-2H3. The van der Waals surface area contributed by atoms with Crippen molar-refractivity contribution in [3.05, 3.63) is 42.0 Å². The molecule has 9 nitrogen and oxygen atoms in total. The van der Waals surface area contributed by atoms with E-state index in [0.717, 1.165) is 70.7 Å². The van der Waals surface area contributed by atoms with Gasteiger partial charge in [0.2, 0.25) is 5.88 Å². The van der Waals surface area contributed by atoms with Gasteiger partial charge in [0.05, 0.1) is 18.9 Å². The fourth-order valence-electron chi connectivity index (χ4n) is 3.60. The molecular weight excluding hydrogens is 454 g/mol. The van der Waals surface area contributed by atoms with Gasteiger partial charge in [-0.1, -0.05) is 45.9 Å². The second-order valence-corrected chi connectivity index (χ2v) is 8.02. The highest BCUT2D eigenvalue weighted by Gasteiger charge is 2.12. The topological polar surface area (TPSA) is 138 Å². The Hall–Kier alpha value is -3.17. The molecule has 200 valence electrons. The predicted molar refractivity (Wildman–Crippen MR) is 152 cm³/mol. The Morgan fingerprint density at radius 2 is 1.75 bits per heavy atom. The Bertz CT molecular complexity index is 895. The predicted octanol–water partition coefficient (Wildman–Crippen LogP) is 4.31. The van der Waals surface area contributed by atoms with Crippen molar-refractivity contribution in [2.45, 2.75) is 40.5 Å². The van der Waals surface area contributed by atoms with E-state index in [-0.39, 0.29) is 5.71 Å². The van der Waals surface area contributed by atoms with Crippen LogP contribution in [0, 0.1) is 10.8 Å². The van der Waals surface area contributed by atoms with Crippen molar-refractivity contribution < 1.29 is 9.47 Å². The molecule has 0 atom stereocenters. The molecule has 1 aromatic heterocycles. The van der Waals surface area contributed by atoms with Crippen LogP contribution in [0.5, 0.6) is 5.88 Å². The van der Waals surface area contributed by atoms with Crippen LogP contribution in [-0.4, -0.2) is 74.4 Å². The lowest BCUT2D eigenvalue weighted by molar-refractivity contribution is 0.0320. The highest BCUT2D eigenvalue weighted by Crippen LogP contribution is 2.23. The molecule has 0 unspecified atom stereocenters. The third-order valence-electron chi connectivity index (χ3n) is 5.32. The van der Waals surface area contributed by atoms with Gasteiger partial charge in [-0.05, 0) is 18.9 Å². The Morgan fingerprint density at radius 3 is 2.33 bits per heavy atom. The number of morpholine rings is 1. The lowest BCUT2D eigenvalue weighted by Gasteiger charge is -2.26. The molecule has 0 saturated carbocycles. The highest BCUT2D eigenvalue weighted by molar-refractivity contribution is 6.37. The summed E-state index contributed by atoms with van der Waals surface area (Å²) >= 11 is 0. The van der Waals surface area contributed by atoms with Crippen molar-refractivity contribution in [3.63, 3.8) is 0 Å². The molecule has 1 fully saturated rings. The Labute approximate surface area is 216 Å². The first-order valence-corrected chi connectivity index (χ1v) is 12.9. The summed E-state index contributed by atoms with van der Waals surface area (Å²) in [6, 6.07) is 11.0. The average molecular weight is 500 g/mol. The van der Waals surface area contributed by atoms with E-state index >= 15 is 0 Å². The molecule has 0 radical (unpaired) electrons. The van der Waals surface area contributed by atoms with Gasteiger partial charge in [-0.15, -0.1) is 0 Å². The smallest absolute Gasteiger partial charge is 0.217 e. The maximum Gasteiger partial charge on any atom is 0.217 e. The molecule has 9 heteroatoms. The summed E-state index contributed by atoms with van der Waals surface area (Å²) < 4.78 is 11.2. The molecule has 0 amide bonds. The van der Waals surface area contributed by atoms with Crippen LogP contribution in [0.2, 0.25) is 0 Å². The van der Waals surface area contributed by atoms with E-state index in [1.807, 2.05) is 26.0 Å². The zero-order chi connectivity index (χ0) is 26.8. The van der Waals surface area contributed by atoms with Crippen molar-refractivity contribution >= 4 is 29.1 Å². The number of nitrogens with one attached hydrogen (secondary N) is 2. The van der Waals surface area contributed by atoms with Crippen LogP contribution in [0.15, 0.2) is 36.4 Å². The molecule has 0 spiro atoms. The van der Waals surface area contributed by atoms with E-state index in [2.05, 4.69) is 28.6 Å². The lowest BCUT2D eigenvalue weighted by atomic mass is 10.1. The van der Waals surface area contributed by atoms with Gasteiger partial charge in [0.1, 0.15) is 12.4 Å². The Kier molecular flexibility index (Phi) is 15.6. The fraction of sp³-hybridized carbons (Fsp3) is 0.519. The molecule has 0 bridgehead atoms. The van der Waals surface area contributed by atoms with Crippen LogP contribution < -0.4 is 21.1 Å². The number of hydrogen-bond donors (Lipinski definition) is 4. The van der Waals surface area contributed by atoms with Gasteiger partial charge in [0, 0.05) is 68.0 Å². The summed E-state index contributed by atoms with van der Waals surface area (Å²) in [4.78, 5) is 8.99. The number of pyridine rings is 1. The molecule has 0 aliphatic carbocycles. The van der Waals surface area contributed by atoms with Crippen LogP contribution in [0.1, 0.15) is 46.1 Å². The normalized spacial score (nSPS) is 12.9. The third kappa shape index (κ3) is 11.0. The van der Waals surface area contributed by atoms with Crippen LogP contribution in [0.4, 0.5) is 17.2 Å². The number of ether oxygens (including phenoxy) is 2. The lowest BCUT2D eigenvalue weighted by Crippen LogP contribution is -2.38. The zero-order valence-corrected chi connectivity index (χ0v) is 22.4. The SMILES string of the molecule is CC.CCCN(CCC)c1cc(N)nc(OCCN2CCOCC2)c1.N=CC(=N)c1ccccc1N. The minimum atomic E-state index is 0.142. The van der Waals surface area contributed by atoms with Crippen LogP contribution in [-0.2, 0) is 4.74 Å². The van der Waals surface area contributed by atoms with E-state index in [9.17, 15) is 0 Å². The molecule has 2 aromatic rings. The third-order valence-corrected chi connectivity index (χ3v) is 5.32. The summed E-state index contributed by atoms with van der Waals surface area (Å²) in [7, 11) is 0. The summed E-state index contributed by atoms with van der Waals surface area (Å²) in [6.45, 7) is 15.5. The van der Waals surface area contributed by atoms with Crippen molar-refractivity contribution in [1.29, 1.82) is 10.8 Å². The largest absolute Gasteiger partial charge is 0.476 e. The number of para-hydroxylation sites is 1. The van der Waals surface area contributed by atoms with E-state index in [1.165, 1.54) is 0 Å². The summed E-state index contributed by atoms with van der Waals surface area (Å²) in [5, 5.41) is 14.1. The maximum absolute atomic E-state index is 7.30. The molecular formula is C27H45N7O2. The number of rotatable bonds is 11. The number of benzene rings is 1. The number of hydrogen-bond acceptors (Lipinski definition) is 9. The second-order valence-electron chi connectivity index (χ2n) is 8.02. The number of nitrogens with two attached hydrogens (primary N) is 2. The van der Waals surface area contributed by atoms with Gasteiger partial charge in [-0.2, -0.15) is 4.98 Å². The van der Waals surface area contributed by atoms with Crippen molar-refractivity contribution in [2.24, 2.45) is 0 Å². The van der Waals surface area contributed by atoms with Gasteiger partial charge in [0.25, 0.3) is 0 Å². The van der Waals surface area contributed by atoms with E-state index < -0.39 is 0 Å². The molecule has 36 heavy (non-hydrogen) atoms. The molecule has 6 N–H and O–H groups in total. The monoisotopic (exact) mass is 499 g/mol. The first-order valence-electron chi connectivity index (χ1n) is 12.9. The molecule has 1 saturated heterocycles. The first kappa shape index (κ1) is 30.9. The molecule has 2 heterocycles. The van der Waals surface area contributed by atoms with E-state index in [1.54, 1.807) is 24.3 Å². The fourth-order valence-corrected chi connectivity index (χ4v) is 3.60. The van der Waals surface area contributed by atoms with Gasteiger partial charge in [-0.25, -0.2) is 0 Å². The van der Waals surface area contributed by atoms with E-state index in [4.69, 9.17) is 31.8 Å². The van der Waals surface area contributed by atoms with Gasteiger partial charge >= 0.3 is 0 Å². The first-order chi connectivity index (χ1) is 17.5. The Morgan fingerprint density at radius 1 is 1.11 bits per heavy atom. The van der Waals surface area contributed by atoms with Crippen molar-refractivity contribution in [3.8, 4) is 5.88 Å². The van der Waals surface area contributed by atoms with E-state index in [0.29, 0.717) is 29.6 Å². The summed E-state index contributed by atoms with van der Waals surface area (Å²) in [5.74, 6) is 1.13. The second kappa shape index (κ2) is 18.1. The number of nitrogens with zero attached hydrogens (tertiary/aromatic N) is 3. The average Bonchev–Trinajstić information content (AvgIpc) is 2.90. The highest BCUT2D eigenvalue weighted by atomic mass is 16.5. The van der Waals surface area contributed by atoms with Crippen LogP contribution in [0.3, 0.4) is 0 Å².